The molecule has 0 saturated heterocycles. The molecule has 0 spiro atoms. The highest BCUT2D eigenvalue weighted by atomic mass is 35.5. The van der Waals surface area contributed by atoms with Crippen LogP contribution in [0.2, 0.25) is 5.02 Å². The van der Waals surface area contributed by atoms with Crippen molar-refractivity contribution < 1.29 is 9.59 Å². The summed E-state index contributed by atoms with van der Waals surface area (Å²) in [5, 5.41) is 14.8. The Kier molecular flexibility index (Phi) is 6.43. The number of ketones is 1. The Bertz CT molecular complexity index is 697. The fraction of sp³-hybridized carbons (Fsp3) is 0.438. The van der Waals surface area contributed by atoms with Crippen molar-refractivity contribution in [2.45, 2.75) is 39.2 Å². The quantitative estimate of drug-likeness (QED) is 0.738. The number of carbonyl (C=O) groups excluding carboxylic acids is 2. The van der Waals surface area contributed by atoms with Gasteiger partial charge in [0.25, 0.3) is 0 Å². The number of halogens is 1. The highest BCUT2D eigenvalue weighted by molar-refractivity contribution is 6.30. The first-order valence-electron chi connectivity index (χ1n) is 7.79. The number of benzene rings is 1. The first-order valence-corrected chi connectivity index (χ1v) is 8.17. The van der Waals surface area contributed by atoms with Gasteiger partial charge in [0.05, 0.1) is 6.04 Å². The smallest absolute Gasteiger partial charge is 0.220 e. The molecule has 0 aliphatic carbocycles. The molecule has 1 heterocycles. The summed E-state index contributed by atoms with van der Waals surface area (Å²) in [4.78, 5) is 23.8. The number of aromatic nitrogens is 4. The predicted octanol–water partition coefficient (Wildman–Crippen LogP) is 2.23. The molecule has 24 heavy (non-hydrogen) atoms. The van der Waals surface area contributed by atoms with E-state index in [2.05, 4.69) is 20.8 Å². The van der Waals surface area contributed by atoms with Crippen LogP contribution in [0.3, 0.4) is 0 Å². The molecular formula is C16H20ClN5O2. The van der Waals surface area contributed by atoms with Gasteiger partial charge in [0.2, 0.25) is 5.91 Å². The van der Waals surface area contributed by atoms with Gasteiger partial charge in [-0.2, -0.15) is 0 Å². The molecule has 2 aromatic rings. The number of rotatable bonds is 8. The summed E-state index contributed by atoms with van der Waals surface area (Å²) in [6, 6.07) is 6.81. The molecule has 1 aromatic heterocycles. The van der Waals surface area contributed by atoms with E-state index in [9.17, 15) is 9.59 Å². The Morgan fingerprint density at radius 2 is 1.92 bits per heavy atom. The van der Waals surface area contributed by atoms with Gasteiger partial charge in [-0.1, -0.05) is 11.6 Å². The van der Waals surface area contributed by atoms with Crippen LogP contribution in [-0.2, 0) is 11.2 Å². The van der Waals surface area contributed by atoms with Crippen LogP contribution >= 0.6 is 11.6 Å². The molecule has 0 bridgehead atoms. The lowest BCUT2D eigenvalue weighted by Gasteiger charge is -2.08. The number of amides is 1. The lowest BCUT2D eigenvalue weighted by Crippen LogP contribution is -2.27. The van der Waals surface area contributed by atoms with E-state index in [4.69, 9.17) is 11.6 Å². The number of hydrogen-bond donors (Lipinski definition) is 1. The van der Waals surface area contributed by atoms with E-state index in [0.717, 1.165) is 5.82 Å². The summed E-state index contributed by atoms with van der Waals surface area (Å²) in [6.07, 6.45) is 0.857. The average Bonchev–Trinajstić information content (AvgIpc) is 3.02. The van der Waals surface area contributed by atoms with Crippen molar-refractivity contribution in [2.24, 2.45) is 0 Å². The van der Waals surface area contributed by atoms with Crippen molar-refractivity contribution in [3.05, 3.63) is 40.7 Å². The molecule has 0 aliphatic rings. The molecule has 0 fully saturated rings. The number of hydrogen-bond acceptors (Lipinski definition) is 5. The summed E-state index contributed by atoms with van der Waals surface area (Å²) >= 11 is 5.78. The minimum atomic E-state index is -0.166. The zero-order chi connectivity index (χ0) is 17.5. The maximum Gasteiger partial charge on any atom is 0.220 e. The second-order valence-electron chi connectivity index (χ2n) is 5.66. The van der Waals surface area contributed by atoms with Gasteiger partial charge in [0.15, 0.2) is 11.6 Å². The monoisotopic (exact) mass is 349 g/mol. The number of Topliss-reactive ketones (excluding diaryl/α,β-unsaturated/α-hetero) is 1. The number of nitrogens with zero attached hydrogens (tertiary/aromatic N) is 4. The molecule has 0 atom stereocenters. The lowest BCUT2D eigenvalue weighted by atomic mass is 10.1. The van der Waals surface area contributed by atoms with Crippen molar-refractivity contribution in [1.29, 1.82) is 0 Å². The molecule has 0 saturated carbocycles. The van der Waals surface area contributed by atoms with Gasteiger partial charge in [-0.25, -0.2) is 4.68 Å². The van der Waals surface area contributed by atoms with Crippen molar-refractivity contribution in [3.63, 3.8) is 0 Å². The van der Waals surface area contributed by atoms with Crippen molar-refractivity contribution in [1.82, 2.24) is 25.5 Å². The van der Waals surface area contributed by atoms with Crippen LogP contribution in [0.5, 0.6) is 0 Å². The summed E-state index contributed by atoms with van der Waals surface area (Å²) in [7, 11) is 0. The van der Waals surface area contributed by atoms with Gasteiger partial charge >= 0.3 is 0 Å². The first kappa shape index (κ1) is 18.1. The van der Waals surface area contributed by atoms with Gasteiger partial charge in [0, 0.05) is 36.4 Å². The van der Waals surface area contributed by atoms with Crippen LogP contribution in [0.15, 0.2) is 24.3 Å². The van der Waals surface area contributed by atoms with E-state index in [-0.39, 0.29) is 30.6 Å². The Morgan fingerprint density at radius 1 is 1.21 bits per heavy atom. The van der Waals surface area contributed by atoms with Crippen LogP contribution in [0.1, 0.15) is 48.9 Å². The van der Waals surface area contributed by atoms with Crippen LogP contribution in [0, 0.1) is 0 Å². The number of nitrogens with one attached hydrogen (secondary N) is 1. The lowest BCUT2D eigenvalue weighted by molar-refractivity contribution is -0.121. The molecular weight excluding hydrogens is 330 g/mol. The Balaban J connectivity index is 1.72. The third-order valence-corrected chi connectivity index (χ3v) is 3.72. The normalized spacial score (nSPS) is 10.8. The number of tetrazole rings is 1. The van der Waals surface area contributed by atoms with Gasteiger partial charge in [-0.15, -0.1) is 5.10 Å². The molecule has 0 aliphatic heterocycles. The van der Waals surface area contributed by atoms with E-state index < -0.39 is 0 Å². The molecule has 0 radical (unpaired) electrons. The summed E-state index contributed by atoms with van der Waals surface area (Å²) < 4.78 is 1.72. The highest BCUT2D eigenvalue weighted by Gasteiger charge is 2.11. The van der Waals surface area contributed by atoms with Gasteiger partial charge in [-0.05, 0) is 48.5 Å². The van der Waals surface area contributed by atoms with E-state index in [1.807, 2.05) is 13.8 Å². The minimum absolute atomic E-state index is 0.0782. The van der Waals surface area contributed by atoms with Gasteiger partial charge < -0.3 is 5.32 Å². The molecule has 2 rings (SSSR count). The standard InChI is InChI=1S/C16H20ClN5O2/c1-11(2)22-15(19-20-21-22)9-10-18-16(24)8-7-14(23)12-3-5-13(17)6-4-12/h3-6,11H,7-10H2,1-2H3,(H,18,24). The zero-order valence-corrected chi connectivity index (χ0v) is 14.5. The molecule has 8 heteroatoms. The molecule has 7 nitrogen and oxygen atoms in total. The summed E-state index contributed by atoms with van der Waals surface area (Å²) in [6.45, 7) is 4.41. The SMILES string of the molecule is CC(C)n1nnnc1CCNC(=O)CCC(=O)c1ccc(Cl)cc1. The van der Waals surface area contributed by atoms with E-state index in [1.54, 1.807) is 28.9 Å². The van der Waals surface area contributed by atoms with Crippen molar-refractivity contribution >= 4 is 23.3 Å². The first-order chi connectivity index (χ1) is 11.5. The Labute approximate surface area is 145 Å². The summed E-state index contributed by atoms with van der Waals surface area (Å²) in [5.41, 5.74) is 0.559. The second kappa shape index (κ2) is 8.54. The molecule has 1 aromatic carbocycles. The predicted molar refractivity (Wildman–Crippen MR) is 89.9 cm³/mol. The van der Waals surface area contributed by atoms with Gasteiger partial charge in [-0.3, -0.25) is 9.59 Å². The fourth-order valence-electron chi connectivity index (χ4n) is 2.19. The summed E-state index contributed by atoms with van der Waals surface area (Å²) in [5.74, 6) is 0.481. The highest BCUT2D eigenvalue weighted by Crippen LogP contribution is 2.12. The third kappa shape index (κ3) is 5.13. The van der Waals surface area contributed by atoms with Crippen LogP contribution in [0.4, 0.5) is 0 Å². The Morgan fingerprint density at radius 3 is 2.58 bits per heavy atom. The van der Waals surface area contributed by atoms with Crippen molar-refractivity contribution in [2.75, 3.05) is 6.54 Å². The maximum atomic E-state index is 12.0. The largest absolute Gasteiger partial charge is 0.356 e. The van der Waals surface area contributed by atoms with E-state index >= 15 is 0 Å². The molecule has 1 amide bonds. The zero-order valence-electron chi connectivity index (χ0n) is 13.7. The fourth-order valence-corrected chi connectivity index (χ4v) is 2.31. The van der Waals surface area contributed by atoms with Gasteiger partial charge in [0.1, 0.15) is 0 Å². The Hall–Kier alpha value is -2.28. The van der Waals surface area contributed by atoms with Crippen LogP contribution in [-0.4, -0.2) is 38.4 Å². The average molecular weight is 350 g/mol. The third-order valence-electron chi connectivity index (χ3n) is 3.47. The second-order valence-corrected chi connectivity index (χ2v) is 6.10. The molecule has 0 unspecified atom stereocenters. The van der Waals surface area contributed by atoms with Crippen LogP contribution < -0.4 is 5.32 Å². The molecule has 1 N–H and O–H groups in total. The molecule has 128 valence electrons. The van der Waals surface area contributed by atoms with Crippen molar-refractivity contribution in [3.8, 4) is 0 Å². The van der Waals surface area contributed by atoms with Crippen LogP contribution in [0.25, 0.3) is 0 Å². The van der Waals surface area contributed by atoms with E-state index in [0.29, 0.717) is 23.6 Å². The minimum Gasteiger partial charge on any atom is -0.356 e. The number of carbonyl (C=O) groups is 2. The topological polar surface area (TPSA) is 89.8 Å². The maximum absolute atomic E-state index is 12.0. The van der Waals surface area contributed by atoms with E-state index in [1.165, 1.54) is 0 Å².